The van der Waals surface area contributed by atoms with Crippen molar-refractivity contribution < 1.29 is 23.2 Å². The van der Waals surface area contributed by atoms with Gasteiger partial charge in [0.15, 0.2) is 11.6 Å². The van der Waals surface area contributed by atoms with Crippen LogP contribution in [0.4, 0.5) is 25.1 Å². The number of amides is 4. The number of piperazine rings is 1. The van der Waals surface area contributed by atoms with Gasteiger partial charge in [-0.25, -0.2) is 23.5 Å². The zero-order chi connectivity index (χ0) is 26.3. The first-order valence-electron chi connectivity index (χ1n) is 11.7. The number of imide groups is 1. The van der Waals surface area contributed by atoms with Gasteiger partial charge >= 0.3 is 6.03 Å². The molecule has 0 bridgehead atoms. The summed E-state index contributed by atoms with van der Waals surface area (Å²) < 4.78 is 30.3. The summed E-state index contributed by atoms with van der Waals surface area (Å²) in [6.45, 7) is 3.46. The van der Waals surface area contributed by atoms with E-state index in [-0.39, 0.29) is 18.7 Å². The van der Waals surface area contributed by atoms with Crippen LogP contribution in [0.2, 0.25) is 0 Å². The molecule has 7 nitrogen and oxygen atoms in total. The Hall–Kier alpha value is -4.58. The maximum absolute atomic E-state index is 15.1. The Morgan fingerprint density at radius 2 is 1.57 bits per heavy atom. The first-order chi connectivity index (χ1) is 17.7. The fourth-order valence-electron chi connectivity index (χ4n) is 4.67. The minimum atomic E-state index is -1.51. The summed E-state index contributed by atoms with van der Waals surface area (Å²) in [5.74, 6) is 2.36. The van der Waals surface area contributed by atoms with Gasteiger partial charge in [0.25, 0.3) is 5.91 Å². The third kappa shape index (κ3) is 4.20. The fourth-order valence-corrected chi connectivity index (χ4v) is 4.67. The minimum Gasteiger partial charge on any atom is -0.307 e. The first-order valence-corrected chi connectivity index (χ1v) is 11.7. The lowest BCUT2D eigenvalue weighted by Crippen LogP contribution is -2.73. The predicted octanol–water partition coefficient (Wildman–Crippen LogP) is 4.03. The van der Waals surface area contributed by atoms with Crippen molar-refractivity contribution in [1.29, 1.82) is 0 Å². The molecule has 4 amide bonds. The second-order valence-corrected chi connectivity index (χ2v) is 9.11. The fraction of sp³-hybridized carbons (Fsp3) is 0.214. The summed E-state index contributed by atoms with van der Waals surface area (Å²) in [7, 11) is 0. The third-order valence-electron chi connectivity index (χ3n) is 6.53. The molecule has 0 saturated carbocycles. The maximum Gasteiger partial charge on any atom is 0.332 e. The van der Waals surface area contributed by atoms with Crippen molar-refractivity contribution in [1.82, 2.24) is 9.88 Å². The number of carbonyl (C=O) groups excluding carboxylic acids is 3. The lowest BCUT2D eigenvalue weighted by Gasteiger charge is -2.51. The van der Waals surface area contributed by atoms with Gasteiger partial charge in [0.1, 0.15) is 17.0 Å². The molecular formula is C28H22F2N4O3. The summed E-state index contributed by atoms with van der Waals surface area (Å²) >= 11 is 0. The lowest BCUT2D eigenvalue weighted by molar-refractivity contribution is -0.137. The monoisotopic (exact) mass is 500 g/mol. The van der Waals surface area contributed by atoms with Crippen molar-refractivity contribution in [2.45, 2.75) is 25.8 Å². The van der Waals surface area contributed by atoms with Crippen LogP contribution in [0.15, 0.2) is 60.7 Å². The smallest absolute Gasteiger partial charge is 0.307 e. The van der Waals surface area contributed by atoms with Gasteiger partial charge in [0.05, 0.1) is 6.42 Å². The van der Waals surface area contributed by atoms with Crippen molar-refractivity contribution in [3.8, 4) is 11.8 Å². The summed E-state index contributed by atoms with van der Waals surface area (Å²) in [4.78, 5) is 47.5. The van der Waals surface area contributed by atoms with Gasteiger partial charge in [0.2, 0.25) is 5.91 Å². The second kappa shape index (κ2) is 9.13. The first kappa shape index (κ1) is 24.1. The topological polar surface area (TPSA) is 73.8 Å². The molecule has 1 unspecified atom stereocenters. The standard InChI is InChI=1S/C28H22F2N4O3/c1-18-7-6-10-23(31-18)32-13-14-33-27(37)34(24(35)17-28(33,2)26(32)36)25-21(29)15-20(16-22(25)30)12-11-19-8-4-3-5-9-19/h3-10,15-16H,13-14,17H2,1-2H3. The molecule has 2 aliphatic heterocycles. The van der Waals surface area contributed by atoms with Gasteiger partial charge in [-0.1, -0.05) is 36.1 Å². The largest absolute Gasteiger partial charge is 0.332 e. The van der Waals surface area contributed by atoms with E-state index >= 15 is 8.78 Å². The van der Waals surface area contributed by atoms with Crippen LogP contribution in [0.5, 0.6) is 0 Å². The van der Waals surface area contributed by atoms with E-state index in [4.69, 9.17) is 0 Å². The van der Waals surface area contributed by atoms with Crippen molar-refractivity contribution in [3.05, 3.63) is 89.1 Å². The summed E-state index contributed by atoms with van der Waals surface area (Å²) in [5, 5.41) is 0. The number of hydrogen-bond acceptors (Lipinski definition) is 4. The summed E-state index contributed by atoms with van der Waals surface area (Å²) in [6.07, 6.45) is -0.436. The quantitative estimate of drug-likeness (QED) is 0.498. The number of aromatic nitrogens is 1. The van der Waals surface area contributed by atoms with E-state index in [9.17, 15) is 14.4 Å². The molecule has 0 spiro atoms. The van der Waals surface area contributed by atoms with Crippen molar-refractivity contribution in [3.63, 3.8) is 0 Å². The van der Waals surface area contributed by atoms with Gasteiger partial charge < -0.3 is 4.90 Å². The highest BCUT2D eigenvalue weighted by Crippen LogP contribution is 2.37. The highest BCUT2D eigenvalue weighted by molar-refractivity contribution is 6.20. The zero-order valence-corrected chi connectivity index (χ0v) is 20.2. The molecule has 3 aromatic rings. The molecule has 9 heteroatoms. The molecule has 0 radical (unpaired) electrons. The number of urea groups is 1. The molecular weight excluding hydrogens is 478 g/mol. The Balaban J connectivity index is 1.44. The maximum atomic E-state index is 15.1. The van der Waals surface area contributed by atoms with Crippen LogP contribution in [0.25, 0.3) is 0 Å². The Bertz CT molecular complexity index is 1480. The summed E-state index contributed by atoms with van der Waals surface area (Å²) in [6, 6.07) is 15.2. The van der Waals surface area contributed by atoms with Crippen LogP contribution in [-0.2, 0) is 9.59 Å². The Morgan fingerprint density at radius 3 is 2.24 bits per heavy atom. The molecule has 5 rings (SSSR count). The van der Waals surface area contributed by atoms with Gasteiger partial charge in [-0.3, -0.25) is 14.5 Å². The molecule has 0 N–H and O–H groups in total. The number of rotatable bonds is 2. The van der Waals surface area contributed by atoms with E-state index in [1.165, 1.54) is 16.7 Å². The second-order valence-electron chi connectivity index (χ2n) is 9.11. The van der Waals surface area contributed by atoms with Crippen LogP contribution in [0, 0.1) is 30.4 Å². The third-order valence-corrected chi connectivity index (χ3v) is 6.53. The summed E-state index contributed by atoms with van der Waals surface area (Å²) in [5.41, 5.74) is -0.862. The number of fused-ring (bicyclic) bond motifs is 1. The molecule has 1 aromatic heterocycles. The van der Waals surface area contributed by atoms with Crippen LogP contribution in [-0.4, -0.2) is 46.4 Å². The van der Waals surface area contributed by atoms with E-state index in [1.807, 2.05) is 6.07 Å². The highest BCUT2D eigenvalue weighted by atomic mass is 19.1. The molecule has 2 aromatic carbocycles. The number of aryl methyl sites for hydroxylation is 1. The van der Waals surface area contributed by atoms with Gasteiger partial charge in [-0.05, 0) is 50.2 Å². The van der Waals surface area contributed by atoms with Crippen LogP contribution in [0.1, 0.15) is 30.2 Å². The molecule has 3 heterocycles. The van der Waals surface area contributed by atoms with Gasteiger partial charge in [-0.2, -0.15) is 0 Å². The molecule has 37 heavy (non-hydrogen) atoms. The predicted molar refractivity (Wildman–Crippen MR) is 133 cm³/mol. The van der Waals surface area contributed by atoms with Crippen molar-refractivity contribution in [2.75, 3.05) is 22.9 Å². The molecule has 0 aliphatic carbocycles. The number of anilines is 2. The number of halogens is 2. The minimum absolute atomic E-state index is 0.0544. The number of nitrogens with zero attached hydrogens (tertiary/aromatic N) is 4. The Kier molecular flexibility index (Phi) is 5.96. The Morgan fingerprint density at radius 1 is 0.892 bits per heavy atom. The SMILES string of the molecule is Cc1cccc(N2CCN3C(=O)N(c4c(F)cc(C#Cc5ccccc5)cc4F)C(=O)CC3(C)C2=O)n1. The molecule has 186 valence electrons. The number of benzene rings is 2. The van der Waals surface area contributed by atoms with Crippen molar-refractivity contribution in [2.24, 2.45) is 0 Å². The number of hydrogen-bond donors (Lipinski definition) is 0. The van der Waals surface area contributed by atoms with E-state index in [1.54, 1.807) is 49.4 Å². The average molecular weight is 501 g/mol. The van der Waals surface area contributed by atoms with Crippen molar-refractivity contribution >= 4 is 29.4 Å². The molecule has 2 saturated heterocycles. The van der Waals surface area contributed by atoms with Crippen LogP contribution in [0.3, 0.4) is 0 Å². The lowest BCUT2D eigenvalue weighted by atomic mass is 9.88. The normalized spacial score (nSPS) is 19.5. The number of carbonyl (C=O) groups is 3. The van der Waals surface area contributed by atoms with Crippen LogP contribution < -0.4 is 9.80 Å². The molecule has 1 atom stereocenters. The molecule has 2 fully saturated rings. The van der Waals surface area contributed by atoms with E-state index in [0.717, 1.165) is 12.1 Å². The van der Waals surface area contributed by atoms with E-state index in [2.05, 4.69) is 16.8 Å². The average Bonchev–Trinajstić information content (AvgIpc) is 2.86. The van der Waals surface area contributed by atoms with E-state index in [0.29, 0.717) is 22.0 Å². The van der Waals surface area contributed by atoms with E-state index < -0.39 is 47.1 Å². The molecule has 2 aliphatic rings. The zero-order valence-electron chi connectivity index (χ0n) is 20.2. The highest BCUT2D eigenvalue weighted by Gasteiger charge is 2.56. The van der Waals surface area contributed by atoms with Crippen LogP contribution >= 0.6 is 0 Å². The Labute approximate surface area is 212 Å². The number of pyridine rings is 1. The van der Waals surface area contributed by atoms with Gasteiger partial charge in [-0.15, -0.1) is 0 Å². The van der Waals surface area contributed by atoms with Gasteiger partial charge in [0, 0.05) is 29.9 Å².